The molecule has 1 saturated heterocycles. The van der Waals surface area contributed by atoms with Gasteiger partial charge in [-0.3, -0.25) is 9.11 Å². The van der Waals surface area contributed by atoms with Gasteiger partial charge in [0, 0.05) is 23.5 Å². The van der Waals surface area contributed by atoms with Crippen LogP contribution in [-0.2, 0) is 43.1 Å². The first-order valence-electron chi connectivity index (χ1n) is 13.8. The molecule has 3 aromatic carbocycles. The van der Waals surface area contributed by atoms with E-state index in [9.17, 15) is 34.4 Å². The SMILES string of the molecule is Cc1ccc(S(=O)(=O)N2[C@H](Cc3cc(C)ccc3S(=O)(=O)O)CC(CN=[N+]=[N-])C[C@@H]2Cc2cc(C)ccc2S(=O)(=O)O)cc1. The fourth-order valence-corrected chi connectivity index (χ4v) is 9.25. The van der Waals surface area contributed by atoms with Crippen LogP contribution in [0.25, 0.3) is 10.4 Å². The van der Waals surface area contributed by atoms with E-state index in [2.05, 4.69) is 10.0 Å². The molecule has 0 radical (unpaired) electrons. The molecule has 0 amide bonds. The quantitative estimate of drug-likeness (QED) is 0.130. The first-order valence-corrected chi connectivity index (χ1v) is 18.1. The fourth-order valence-electron chi connectivity index (χ4n) is 5.99. The number of rotatable bonds is 10. The predicted molar refractivity (Wildman–Crippen MR) is 164 cm³/mol. The molecule has 1 aliphatic heterocycles. The molecule has 15 heteroatoms. The predicted octanol–water partition coefficient (Wildman–Crippen LogP) is 5.04. The van der Waals surface area contributed by atoms with E-state index in [0.717, 1.165) is 5.56 Å². The zero-order valence-corrected chi connectivity index (χ0v) is 26.8. The van der Waals surface area contributed by atoms with Crippen molar-refractivity contribution in [2.24, 2.45) is 11.0 Å². The van der Waals surface area contributed by atoms with Gasteiger partial charge in [-0.15, -0.1) is 0 Å². The molecule has 1 fully saturated rings. The lowest BCUT2D eigenvalue weighted by molar-refractivity contribution is 0.133. The Morgan fingerprint density at radius 1 is 0.750 bits per heavy atom. The van der Waals surface area contributed by atoms with Crippen molar-refractivity contribution in [1.82, 2.24) is 4.31 Å². The van der Waals surface area contributed by atoms with Crippen molar-refractivity contribution in [3.05, 3.63) is 98.9 Å². The molecule has 0 bridgehead atoms. The van der Waals surface area contributed by atoms with Crippen LogP contribution in [0, 0.1) is 26.7 Å². The summed E-state index contributed by atoms with van der Waals surface area (Å²) in [5.41, 5.74) is 11.7. The Morgan fingerprint density at radius 2 is 1.18 bits per heavy atom. The van der Waals surface area contributed by atoms with Crippen LogP contribution in [0.4, 0.5) is 0 Å². The number of sulfonamides is 1. The lowest BCUT2D eigenvalue weighted by atomic mass is 9.83. The number of hydrogen-bond donors (Lipinski definition) is 2. The molecular formula is C29H34N4O8S3. The molecule has 12 nitrogen and oxygen atoms in total. The number of hydrogen-bond acceptors (Lipinski definition) is 7. The maximum atomic E-state index is 14.4. The lowest BCUT2D eigenvalue weighted by Gasteiger charge is -2.44. The number of aryl methyl sites for hydroxylation is 3. The van der Waals surface area contributed by atoms with E-state index in [1.54, 1.807) is 38.1 Å². The zero-order valence-electron chi connectivity index (χ0n) is 24.4. The first-order chi connectivity index (χ1) is 20.5. The minimum absolute atomic E-state index is 0.00918. The maximum Gasteiger partial charge on any atom is 0.294 e. The number of nitrogens with zero attached hydrogens (tertiary/aromatic N) is 4. The van der Waals surface area contributed by atoms with Crippen molar-refractivity contribution in [1.29, 1.82) is 0 Å². The third-order valence-electron chi connectivity index (χ3n) is 7.83. The van der Waals surface area contributed by atoms with Gasteiger partial charge in [-0.05, 0) is 93.3 Å². The standard InChI is InChI=1S/C29H34N4O8S3/c1-19-4-8-27(9-5-19)42(34,35)33-25(16-23-12-20(2)6-10-28(23)43(36,37)38)14-22(18-31-32-30)15-26(33)17-24-13-21(3)7-11-29(24)44(39,40)41/h4-13,22,25-26H,14-18H2,1-3H3,(H,36,37,38)(H,39,40,41)/t22?,25-,26+. The van der Waals surface area contributed by atoms with Gasteiger partial charge in [0.15, 0.2) is 0 Å². The number of azide groups is 1. The Kier molecular flexibility index (Phi) is 9.90. The molecular weight excluding hydrogens is 629 g/mol. The monoisotopic (exact) mass is 662 g/mol. The summed E-state index contributed by atoms with van der Waals surface area (Å²) in [6, 6.07) is 13.2. The van der Waals surface area contributed by atoms with Crippen LogP contribution < -0.4 is 0 Å². The lowest BCUT2D eigenvalue weighted by Crippen LogP contribution is -2.54. The van der Waals surface area contributed by atoms with Crippen LogP contribution in [0.2, 0.25) is 0 Å². The average Bonchev–Trinajstić information content (AvgIpc) is 2.90. The van der Waals surface area contributed by atoms with Crippen molar-refractivity contribution in [3.8, 4) is 0 Å². The molecule has 1 unspecified atom stereocenters. The van der Waals surface area contributed by atoms with Crippen molar-refractivity contribution < 1.29 is 34.4 Å². The largest absolute Gasteiger partial charge is 0.294 e. The molecule has 0 saturated carbocycles. The van der Waals surface area contributed by atoms with Gasteiger partial charge in [0.25, 0.3) is 20.2 Å². The zero-order chi connectivity index (χ0) is 32.4. The van der Waals surface area contributed by atoms with Crippen LogP contribution >= 0.6 is 0 Å². The summed E-state index contributed by atoms with van der Waals surface area (Å²) in [5.74, 6) is -0.344. The Balaban J connectivity index is 1.93. The minimum Gasteiger partial charge on any atom is -0.282 e. The van der Waals surface area contributed by atoms with Gasteiger partial charge in [0.2, 0.25) is 10.0 Å². The summed E-state index contributed by atoms with van der Waals surface area (Å²) in [4.78, 5) is 2.15. The third kappa shape index (κ3) is 7.67. The van der Waals surface area contributed by atoms with Gasteiger partial charge in [0.05, 0.1) is 14.7 Å². The second kappa shape index (κ2) is 13.0. The van der Waals surface area contributed by atoms with Crippen molar-refractivity contribution in [2.75, 3.05) is 6.54 Å². The van der Waals surface area contributed by atoms with Crippen LogP contribution in [0.5, 0.6) is 0 Å². The van der Waals surface area contributed by atoms with Crippen LogP contribution in [-0.4, -0.2) is 57.3 Å². The highest BCUT2D eigenvalue weighted by molar-refractivity contribution is 7.89. The summed E-state index contributed by atoms with van der Waals surface area (Å²) in [7, 11) is -13.6. The smallest absolute Gasteiger partial charge is 0.282 e. The van der Waals surface area contributed by atoms with Crippen LogP contribution in [0.1, 0.15) is 40.7 Å². The molecule has 1 aliphatic rings. The van der Waals surface area contributed by atoms with Gasteiger partial charge in [-0.1, -0.05) is 58.2 Å². The summed E-state index contributed by atoms with van der Waals surface area (Å²) >= 11 is 0. The topological polar surface area (TPSA) is 195 Å². The van der Waals surface area contributed by atoms with E-state index in [4.69, 9.17) is 5.53 Å². The molecule has 1 heterocycles. The normalized spacial score (nSPS) is 19.8. The van der Waals surface area contributed by atoms with Gasteiger partial charge in [-0.25, -0.2) is 8.42 Å². The summed E-state index contributed by atoms with van der Waals surface area (Å²) < 4.78 is 99.3. The third-order valence-corrected chi connectivity index (χ3v) is 11.8. The van der Waals surface area contributed by atoms with E-state index in [-0.39, 0.29) is 64.0 Å². The molecule has 0 aliphatic carbocycles. The molecule has 4 rings (SSSR count). The molecule has 3 aromatic rings. The Bertz CT molecular complexity index is 1830. The van der Waals surface area contributed by atoms with Gasteiger partial charge >= 0.3 is 0 Å². The number of benzene rings is 3. The molecule has 44 heavy (non-hydrogen) atoms. The van der Waals surface area contributed by atoms with Crippen molar-refractivity contribution in [3.63, 3.8) is 0 Å². The highest BCUT2D eigenvalue weighted by atomic mass is 32.2. The molecule has 0 aromatic heterocycles. The van der Waals surface area contributed by atoms with Crippen LogP contribution in [0.3, 0.4) is 0 Å². The summed E-state index contributed by atoms with van der Waals surface area (Å²) in [5, 5.41) is 3.72. The van der Waals surface area contributed by atoms with Gasteiger partial charge in [-0.2, -0.15) is 21.1 Å². The number of piperidine rings is 1. The van der Waals surface area contributed by atoms with E-state index < -0.39 is 42.3 Å². The minimum atomic E-state index is -4.66. The second-order valence-electron chi connectivity index (χ2n) is 11.3. The summed E-state index contributed by atoms with van der Waals surface area (Å²) in [6.07, 6.45) is 0.172. The highest BCUT2D eigenvalue weighted by Crippen LogP contribution is 2.38. The molecule has 0 spiro atoms. The highest BCUT2D eigenvalue weighted by Gasteiger charge is 2.43. The van der Waals surface area contributed by atoms with E-state index in [1.165, 1.54) is 40.7 Å². The van der Waals surface area contributed by atoms with E-state index >= 15 is 0 Å². The Morgan fingerprint density at radius 3 is 1.59 bits per heavy atom. The average molecular weight is 663 g/mol. The Hall–Kier alpha value is -3.30. The van der Waals surface area contributed by atoms with Crippen molar-refractivity contribution in [2.45, 2.75) is 73.2 Å². The molecule has 2 N–H and O–H groups in total. The molecule has 3 atom stereocenters. The van der Waals surface area contributed by atoms with Gasteiger partial charge < -0.3 is 0 Å². The van der Waals surface area contributed by atoms with E-state index in [0.29, 0.717) is 11.1 Å². The Labute approximate surface area is 257 Å². The second-order valence-corrected chi connectivity index (χ2v) is 15.9. The van der Waals surface area contributed by atoms with Crippen LogP contribution in [0.15, 0.2) is 80.5 Å². The van der Waals surface area contributed by atoms with E-state index in [1.807, 2.05) is 6.92 Å². The summed E-state index contributed by atoms with van der Waals surface area (Å²) in [6.45, 7) is 5.31. The molecule has 236 valence electrons. The fraction of sp³-hybridized carbons (Fsp3) is 0.379. The first kappa shape index (κ1) is 33.6. The van der Waals surface area contributed by atoms with Crippen molar-refractivity contribution >= 4 is 30.3 Å². The maximum absolute atomic E-state index is 14.4. The van der Waals surface area contributed by atoms with Gasteiger partial charge in [0.1, 0.15) is 0 Å².